The molecule has 0 aliphatic carbocycles. The Labute approximate surface area is 111 Å². The van der Waals surface area contributed by atoms with Gasteiger partial charge in [0, 0.05) is 0 Å². The third kappa shape index (κ3) is 2.93. The maximum atomic E-state index is 3.93. The van der Waals surface area contributed by atoms with E-state index in [-0.39, 0.29) is 0 Å². The first-order chi connectivity index (χ1) is 8.86. The van der Waals surface area contributed by atoms with Gasteiger partial charge in [-0.1, -0.05) is 75.6 Å². The van der Waals surface area contributed by atoms with Crippen LogP contribution in [0, 0.1) is 6.92 Å². The van der Waals surface area contributed by atoms with E-state index in [0.717, 1.165) is 6.42 Å². The van der Waals surface area contributed by atoms with E-state index in [0.29, 0.717) is 5.92 Å². The zero-order chi connectivity index (χ0) is 12.8. The Morgan fingerprint density at radius 1 is 1.00 bits per heavy atom. The molecule has 2 rings (SSSR count). The summed E-state index contributed by atoms with van der Waals surface area (Å²) in [7, 11) is 0. The molecule has 0 fully saturated rings. The highest BCUT2D eigenvalue weighted by molar-refractivity contribution is 5.86. The minimum Gasteiger partial charge on any atom is -0.0648 e. The molecule has 0 nitrogen and oxygen atoms in total. The Bertz CT molecular complexity index is 479. The zero-order valence-electron chi connectivity index (χ0n) is 11.4. The predicted octanol–water partition coefficient (Wildman–Crippen LogP) is 5.73. The van der Waals surface area contributed by atoms with Gasteiger partial charge in [-0.25, -0.2) is 0 Å². The number of hydrogen-bond acceptors (Lipinski definition) is 0. The summed E-state index contributed by atoms with van der Waals surface area (Å²) in [5, 5.41) is 2.80. The normalized spacial score (nSPS) is 12.8. The fraction of sp³-hybridized carbons (Fsp3) is 0.389. The molecule has 1 unspecified atom stereocenters. The van der Waals surface area contributed by atoms with Crippen LogP contribution in [0.15, 0.2) is 42.5 Å². The maximum absolute atomic E-state index is 3.93. The number of fused-ring (bicyclic) bond motifs is 1. The first kappa shape index (κ1) is 13.1. The van der Waals surface area contributed by atoms with Gasteiger partial charge >= 0.3 is 0 Å². The van der Waals surface area contributed by atoms with Gasteiger partial charge in [-0.3, -0.25) is 0 Å². The number of benzene rings is 2. The van der Waals surface area contributed by atoms with E-state index in [2.05, 4.69) is 56.3 Å². The molecule has 0 N–H and O–H groups in total. The quantitative estimate of drug-likeness (QED) is 0.565. The monoisotopic (exact) mass is 239 g/mol. The van der Waals surface area contributed by atoms with Gasteiger partial charge in [0.15, 0.2) is 0 Å². The van der Waals surface area contributed by atoms with Gasteiger partial charge in [0.05, 0.1) is 0 Å². The van der Waals surface area contributed by atoms with Gasteiger partial charge < -0.3 is 0 Å². The molecule has 0 saturated heterocycles. The van der Waals surface area contributed by atoms with E-state index in [1.54, 1.807) is 0 Å². The molecular weight excluding hydrogens is 216 g/mol. The van der Waals surface area contributed by atoms with Crippen LogP contribution in [0.2, 0.25) is 0 Å². The second-order valence-electron chi connectivity index (χ2n) is 5.02. The Kier molecular flexibility index (Phi) is 4.81. The number of unbranched alkanes of at least 4 members (excludes halogenated alkanes) is 2. The van der Waals surface area contributed by atoms with E-state index in [1.807, 2.05) is 0 Å². The molecule has 0 aromatic heterocycles. The minimum atomic E-state index is 0.697. The fourth-order valence-corrected chi connectivity index (χ4v) is 2.75. The van der Waals surface area contributed by atoms with Crippen LogP contribution in [0.25, 0.3) is 10.8 Å². The van der Waals surface area contributed by atoms with E-state index in [4.69, 9.17) is 0 Å². The molecule has 95 valence electrons. The van der Waals surface area contributed by atoms with E-state index in [1.165, 1.54) is 42.0 Å². The summed E-state index contributed by atoms with van der Waals surface area (Å²) >= 11 is 0. The van der Waals surface area contributed by atoms with Crippen molar-refractivity contribution in [1.82, 2.24) is 0 Å². The standard InChI is InChI=1S/C18H23/c1-3-5-6-10-15(4-2)17-14-9-12-16-11-7-8-13-18(16)17/h7-9,11-15H,1,3-6,10H2,2H3. The van der Waals surface area contributed by atoms with Gasteiger partial charge in [0.25, 0.3) is 0 Å². The van der Waals surface area contributed by atoms with E-state index in [9.17, 15) is 0 Å². The van der Waals surface area contributed by atoms with Crippen LogP contribution >= 0.6 is 0 Å². The Hall–Kier alpha value is -1.30. The van der Waals surface area contributed by atoms with Crippen molar-refractivity contribution in [3.63, 3.8) is 0 Å². The molecule has 0 spiro atoms. The summed E-state index contributed by atoms with van der Waals surface area (Å²) in [5.41, 5.74) is 1.53. The van der Waals surface area contributed by atoms with Crippen LogP contribution in [-0.4, -0.2) is 0 Å². The predicted molar refractivity (Wildman–Crippen MR) is 80.8 cm³/mol. The number of hydrogen-bond donors (Lipinski definition) is 0. The SMILES string of the molecule is [CH2]CCCCC(CC)c1cccc2ccccc12. The summed E-state index contributed by atoms with van der Waals surface area (Å²) in [5.74, 6) is 0.697. The van der Waals surface area contributed by atoms with Crippen LogP contribution in [0.5, 0.6) is 0 Å². The molecule has 0 amide bonds. The molecule has 1 radical (unpaired) electrons. The van der Waals surface area contributed by atoms with Crippen molar-refractivity contribution in [3.8, 4) is 0 Å². The van der Waals surface area contributed by atoms with Gasteiger partial charge in [0.2, 0.25) is 0 Å². The average molecular weight is 239 g/mol. The van der Waals surface area contributed by atoms with Crippen molar-refractivity contribution in [2.75, 3.05) is 0 Å². The lowest BCUT2D eigenvalue weighted by Crippen LogP contribution is -1.98. The van der Waals surface area contributed by atoms with Crippen LogP contribution < -0.4 is 0 Å². The van der Waals surface area contributed by atoms with Gasteiger partial charge in [0.1, 0.15) is 0 Å². The Morgan fingerprint density at radius 3 is 2.56 bits per heavy atom. The molecular formula is C18H23. The van der Waals surface area contributed by atoms with Gasteiger partial charge in [-0.15, -0.1) is 0 Å². The van der Waals surface area contributed by atoms with Gasteiger partial charge in [-0.2, -0.15) is 0 Å². The van der Waals surface area contributed by atoms with Crippen LogP contribution in [0.1, 0.15) is 50.5 Å². The average Bonchev–Trinajstić information content (AvgIpc) is 2.43. The van der Waals surface area contributed by atoms with Gasteiger partial charge in [-0.05, 0) is 35.1 Å². The van der Waals surface area contributed by atoms with Crippen LogP contribution in [0.4, 0.5) is 0 Å². The summed E-state index contributed by atoms with van der Waals surface area (Å²) in [6, 6.07) is 15.4. The lowest BCUT2D eigenvalue weighted by atomic mass is 9.87. The first-order valence-electron chi connectivity index (χ1n) is 7.13. The van der Waals surface area contributed by atoms with Crippen molar-refractivity contribution in [1.29, 1.82) is 0 Å². The lowest BCUT2D eigenvalue weighted by Gasteiger charge is -2.17. The topological polar surface area (TPSA) is 0 Å². The van der Waals surface area contributed by atoms with Crippen molar-refractivity contribution in [2.45, 2.75) is 44.9 Å². The molecule has 0 aliphatic rings. The summed E-state index contributed by atoms with van der Waals surface area (Å²) < 4.78 is 0. The highest BCUT2D eigenvalue weighted by atomic mass is 14.2. The van der Waals surface area contributed by atoms with Crippen molar-refractivity contribution in [3.05, 3.63) is 55.0 Å². The smallest absolute Gasteiger partial charge is 0.0149 e. The highest BCUT2D eigenvalue weighted by Gasteiger charge is 2.11. The lowest BCUT2D eigenvalue weighted by molar-refractivity contribution is 0.562. The zero-order valence-corrected chi connectivity index (χ0v) is 11.4. The van der Waals surface area contributed by atoms with Crippen molar-refractivity contribution >= 4 is 10.8 Å². The molecule has 0 heteroatoms. The third-order valence-electron chi connectivity index (χ3n) is 3.81. The second kappa shape index (κ2) is 6.58. The molecule has 0 bridgehead atoms. The Balaban J connectivity index is 2.27. The van der Waals surface area contributed by atoms with Crippen LogP contribution in [0.3, 0.4) is 0 Å². The summed E-state index contributed by atoms with van der Waals surface area (Å²) in [6.45, 7) is 6.23. The summed E-state index contributed by atoms with van der Waals surface area (Å²) in [6.07, 6.45) is 6.13. The van der Waals surface area contributed by atoms with E-state index >= 15 is 0 Å². The highest BCUT2D eigenvalue weighted by Crippen LogP contribution is 2.31. The third-order valence-corrected chi connectivity index (χ3v) is 3.81. The number of rotatable bonds is 6. The van der Waals surface area contributed by atoms with E-state index < -0.39 is 0 Å². The molecule has 0 saturated carbocycles. The fourth-order valence-electron chi connectivity index (χ4n) is 2.75. The molecule has 2 aromatic carbocycles. The van der Waals surface area contributed by atoms with Crippen molar-refractivity contribution in [2.24, 2.45) is 0 Å². The molecule has 18 heavy (non-hydrogen) atoms. The minimum absolute atomic E-state index is 0.697. The Morgan fingerprint density at radius 2 is 1.78 bits per heavy atom. The molecule has 1 atom stereocenters. The maximum Gasteiger partial charge on any atom is -0.0149 e. The summed E-state index contributed by atoms with van der Waals surface area (Å²) in [4.78, 5) is 0. The largest absolute Gasteiger partial charge is 0.0648 e. The molecule has 0 heterocycles. The molecule has 2 aromatic rings. The second-order valence-corrected chi connectivity index (χ2v) is 5.02. The van der Waals surface area contributed by atoms with Crippen molar-refractivity contribution < 1.29 is 0 Å². The molecule has 0 aliphatic heterocycles. The first-order valence-corrected chi connectivity index (χ1v) is 7.13. The van der Waals surface area contributed by atoms with Crippen LogP contribution in [-0.2, 0) is 0 Å².